The number of carbonyl (C=O) groups is 2. The van der Waals surface area contributed by atoms with Gasteiger partial charge in [-0.05, 0) is 45.7 Å². The molecule has 1 aromatic heterocycles. The van der Waals surface area contributed by atoms with Crippen LogP contribution in [-0.4, -0.2) is 42.7 Å². The molecule has 0 radical (unpaired) electrons. The zero-order valence-electron chi connectivity index (χ0n) is 15.5. The molecular weight excluding hydrogens is 308 g/mol. The quantitative estimate of drug-likeness (QED) is 0.788. The Balaban J connectivity index is 0.00000139. The van der Waals surface area contributed by atoms with E-state index in [2.05, 4.69) is 9.88 Å². The SMILES string of the molecule is CC.COC(=O)c1cc(C(=O)OC(C)(C)C)cc(N2CCCC2)n1. The van der Waals surface area contributed by atoms with Crippen LogP contribution in [0.1, 0.15) is 68.3 Å². The molecule has 0 saturated carbocycles. The standard InChI is InChI=1S/C16H22N2O4.C2H6/c1-16(2,3)22-14(19)11-9-12(15(20)21-4)17-13(10-11)18-7-5-6-8-18;1-2/h9-10H,5-8H2,1-4H3;1-2H3. The second kappa shape index (κ2) is 8.66. The number of ether oxygens (including phenoxy) is 2. The smallest absolute Gasteiger partial charge is 0.356 e. The number of nitrogens with zero attached hydrogens (tertiary/aromatic N) is 2. The van der Waals surface area contributed by atoms with Gasteiger partial charge >= 0.3 is 11.9 Å². The van der Waals surface area contributed by atoms with E-state index in [1.54, 1.807) is 26.8 Å². The van der Waals surface area contributed by atoms with Crippen molar-refractivity contribution in [1.82, 2.24) is 4.98 Å². The third-order valence-electron chi connectivity index (χ3n) is 3.27. The number of rotatable bonds is 3. The molecule has 1 fully saturated rings. The molecule has 0 N–H and O–H groups in total. The average molecular weight is 336 g/mol. The first-order chi connectivity index (χ1) is 11.3. The maximum absolute atomic E-state index is 12.3. The van der Waals surface area contributed by atoms with E-state index in [1.807, 2.05) is 13.8 Å². The van der Waals surface area contributed by atoms with E-state index >= 15 is 0 Å². The lowest BCUT2D eigenvalue weighted by Gasteiger charge is -2.21. The number of aromatic nitrogens is 1. The number of hydrogen-bond donors (Lipinski definition) is 0. The van der Waals surface area contributed by atoms with Crippen molar-refractivity contribution in [3.8, 4) is 0 Å². The van der Waals surface area contributed by atoms with Gasteiger partial charge in [0.15, 0.2) is 5.69 Å². The molecule has 1 aliphatic heterocycles. The zero-order chi connectivity index (χ0) is 18.3. The molecular formula is C18H28N2O4. The molecule has 0 atom stereocenters. The summed E-state index contributed by atoms with van der Waals surface area (Å²) in [5.41, 5.74) is -0.167. The van der Waals surface area contributed by atoms with Crippen LogP contribution in [0.4, 0.5) is 5.82 Å². The molecule has 0 spiro atoms. The van der Waals surface area contributed by atoms with Crippen molar-refractivity contribution in [2.45, 2.75) is 53.1 Å². The van der Waals surface area contributed by atoms with Crippen LogP contribution < -0.4 is 4.90 Å². The molecule has 6 nitrogen and oxygen atoms in total. The highest BCUT2D eigenvalue weighted by Crippen LogP contribution is 2.22. The van der Waals surface area contributed by atoms with Crippen molar-refractivity contribution in [3.05, 3.63) is 23.4 Å². The summed E-state index contributed by atoms with van der Waals surface area (Å²) in [6, 6.07) is 3.09. The van der Waals surface area contributed by atoms with Crippen molar-refractivity contribution < 1.29 is 19.1 Å². The Kier molecular flexibility index (Phi) is 7.19. The minimum Gasteiger partial charge on any atom is -0.464 e. The number of esters is 2. The van der Waals surface area contributed by atoms with E-state index < -0.39 is 17.5 Å². The topological polar surface area (TPSA) is 68.7 Å². The maximum Gasteiger partial charge on any atom is 0.356 e. The minimum absolute atomic E-state index is 0.118. The largest absolute Gasteiger partial charge is 0.464 e. The molecule has 1 aromatic rings. The van der Waals surface area contributed by atoms with Crippen LogP contribution in [0.3, 0.4) is 0 Å². The van der Waals surface area contributed by atoms with E-state index in [9.17, 15) is 9.59 Å². The van der Waals surface area contributed by atoms with Gasteiger partial charge in [0.25, 0.3) is 0 Å². The summed E-state index contributed by atoms with van der Waals surface area (Å²) in [5.74, 6) is -0.424. The van der Waals surface area contributed by atoms with Crippen molar-refractivity contribution >= 4 is 17.8 Å². The van der Waals surface area contributed by atoms with Crippen LogP contribution in [0, 0.1) is 0 Å². The van der Waals surface area contributed by atoms with E-state index in [0.717, 1.165) is 25.9 Å². The molecule has 2 rings (SSSR count). The van der Waals surface area contributed by atoms with Crippen LogP contribution in [0.15, 0.2) is 12.1 Å². The van der Waals surface area contributed by atoms with E-state index in [1.165, 1.54) is 13.2 Å². The predicted molar refractivity (Wildman–Crippen MR) is 93.5 cm³/mol. The van der Waals surface area contributed by atoms with E-state index in [-0.39, 0.29) is 5.69 Å². The van der Waals surface area contributed by atoms with Gasteiger partial charge in [-0.25, -0.2) is 14.6 Å². The third kappa shape index (κ3) is 5.51. The molecule has 0 aromatic carbocycles. The van der Waals surface area contributed by atoms with Gasteiger partial charge < -0.3 is 14.4 Å². The summed E-state index contributed by atoms with van der Waals surface area (Å²) < 4.78 is 10.1. The predicted octanol–water partition coefficient (Wildman–Crippen LogP) is 3.45. The van der Waals surface area contributed by atoms with Gasteiger partial charge in [-0.15, -0.1) is 0 Å². The number of hydrogen-bond acceptors (Lipinski definition) is 6. The summed E-state index contributed by atoms with van der Waals surface area (Å²) >= 11 is 0. The highest BCUT2D eigenvalue weighted by atomic mass is 16.6. The van der Waals surface area contributed by atoms with Crippen molar-refractivity contribution in [3.63, 3.8) is 0 Å². The summed E-state index contributed by atoms with van der Waals surface area (Å²) in [4.78, 5) is 30.4. The Bertz CT molecular complexity index is 573. The van der Waals surface area contributed by atoms with Gasteiger partial charge in [-0.3, -0.25) is 0 Å². The molecule has 6 heteroatoms. The van der Waals surface area contributed by atoms with E-state index in [4.69, 9.17) is 9.47 Å². The van der Waals surface area contributed by atoms with Crippen LogP contribution in [-0.2, 0) is 9.47 Å². The monoisotopic (exact) mass is 336 g/mol. The summed E-state index contributed by atoms with van der Waals surface area (Å²) in [6.45, 7) is 11.1. The van der Waals surface area contributed by atoms with Crippen LogP contribution >= 0.6 is 0 Å². The maximum atomic E-state index is 12.3. The summed E-state index contributed by atoms with van der Waals surface area (Å²) in [6.07, 6.45) is 2.15. The average Bonchev–Trinajstić information content (AvgIpc) is 3.08. The second-order valence-electron chi connectivity index (χ2n) is 6.29. The first-order valence-corrected chi connectivity index (χ1v) is 8.39. The third-order valence-corrected chi connectivity index (χ3v) is 3.27. The molecule has 24 heavy (non-hydrogen) atoms. The Morgan fingerprint density at radius 1 is 1.08 bits per heavy atom. The lowest BCUT2D eigenvalue weighted by molar-refractivity contribution is 0.00694. The zero-order valence-corrected chi connectivity index (χ0v) is 15.5. The Morgan fingerprint density at radius 3 is 2.17 bits per heavy atom. The highest BCUT2D eigenvalue weighted by Gasteiger charge is 2.23. The second-order valence-corrected chi connectivity index (χ2v) is 6.29. The van der Waals surface area contributed by atoms with E-state index in [0.29, 0.717) is 11.4 Å². The normalized spacial score (nSPS) is 13.8. The van der Waals surface area contributed by atoms with Crippen molar-refractivity contribution in [2.24, 2.45) is 0 Å². The first-order valence-electron chi connectivity index (χ1n) is 8.39. The van der Waals surface area contributed by atoms with Gasteiger partial charge in [-0.1, -0.05) is 13.8 Å². The van der Waals surface area contributed by atoms with Gasteiger partial charge in [0, 0.05) is 13.1 Å². The number of pyridine rings is 1. The van der Waals surface area contributed by atoms with Gasteiger partial charge in [0.05, 0.1) is 12.7 Å². The summed E-state index contributed by atoms with van der Waals surface area (Å²) in [5, 5.41) is 0. The minimum atomic E-state index is -0.598. The Morgan fingerprint density at radius 2 is 1.67 bits per heavy atom. The Hall–Kier alpha value is -2.11. The number of methoxy groups -OCH3 is 1. The highest BCUT2D eigenvalue weighted by molar-refractivity contribution is 5.95. The fraction of sp³-hybridized carbons (Fsp3) is 0.611. The molecule has 0 bridgehead atoms. The Labute approximate surface area is 144 Å². The first kappa shape index (κ1) is 19.9. The molecule has 1 aliphatic rings. The fourth-order valence-electron chi connectivity index (χ4n) is 2.29. The van der Waals surface area contributed by atoms with Gasteiger partial charge in [-0.2, -0.15) is 0 Å². The molecule has 1 saturated heterocycles. The van der Waals surface area contributed by atoms with Crippen LogP contribution in [0.25, 0.3) is 0 Å². The molecule has 0 unspecified atom stereocenters. The van der Waals surface area contributed by atoms with Crippen molar-refractivity contribution in [2.75, 3.05) is 25.1 Å². The van der Waals surface area contributed by atoms with Crippen molar-refractivity contribution in [1.29, 1.82) is 0 Å². The van der Waals surface area contributed by atoms with Gasteiger partial charge in [0.2, 0.25) is 0 Å². The van der Waals surface area contributed by atoms with Gasteiger partial charge in [0.1, 0.15) is 11.4 Å². The van der Waals surface area contributed by atoms with Crippen LogP contribution in [0.5, 0.6) is 0 Å². The number of anilines is 1. The summed E-state index contributed by atoms with van der Waals surface area (Å²) in [7, 11) is 1.29. The molecule has 2 heterocycles. The molecule has 0 aliphatic carbocycles. The molecule has 134 valence electrons. The number of carbonyl (C=O) groups excluding carboxylic acids is 2. The molecule has 0 amide bonds. The fourth-order valence-corrected chi connectivity index (χ4v) is 2.29. The lowest BCUT2D eigenvalue weighted by Crippen LogP contribution is -2.25. The lowest BCUT2D eigenvalue weighted by atomic mass is 10.1. The van der Waals surface area contributed by atoms with Crippen LogP contribution in [0.2, 0.25) is 0 Å².